The minimum absolute atomic E-state index is 0. The average molecular weight is 256 g/mol. The number of allylic oxidation sites excluding steroid dienone is 1. The summed E-state index contributed by atoms with van der Waals surface area (Å²) < 4.78 is 0. The van der Waals surface area contributed by atoms with Crippen molar-refractivity contribution in [1.82, 2.24) is 15.2 Å². The lowest BCUT2D eigenvalue weighted by molar-refractivity contribution is 0.333. The molecule has 1 aromatic heterocycles. The number of rotatable bonds is 5. The Morgan fingerprint density at radius 1 is 1.53 bits per heavy atom. The summed E-state index contributed by atoms with van der Waals surface area (Å²) in [4.78, 5) is 6.32. The Labute approximate surface area is 109 Å². The zero-order chi connectivity index (χ0) is 12.0. The van der Waals surface area contributed by atoms with E-state index < -0.39 is 0 Å². The third-order valence-corrected chi connectivity index (χ3v) is 2.64. The second-order valence-corrected chi connectivity index (χ2v) is 3.81. The molecule has 0 atom stereocenters. The molecule has 1 heterocycles. The van der Waals surface area contributed by atoms with Gasteiger partial charge in [-0.05, 0) is 31.6 Å². The number of hydrogen-bond donors (Lipinski definition) is 1. The first kappa shape index (κ1) is 15.8. The van der Waals surface area contributed by atoms with E-state index in [1.165, 1.54) is 0 Å². The molecule has 0 spiro atoms. The molecule has 0 aliphatic heterocycles. The molecule has 0 saturated carbocycles. The standard InChI is InChI=1S/C12H18ClN3.CH4/c1-4-12(14-3)16(5-2)9-10-6-7-11(13)15-8-10;/h4,6-8,14H,5,9H2,1-3H3;1H4/b12-4+;. The van der Waals surface area contributed by atoms with Gasteiger partial charge in [-0.1, -0.05) is 25.1 Å². The molecule has 0 saturated heterocycles. The minimum atomic E-state index is 0. The second kappa shape index (κ2) is 7.96. The van der Waals surface area contributed by atoms with E-state index in [-0.39, 0.29) is 7.43 Å². The molecule has 4 heteroatoms. The fourth-order valence-electron chi connectivity index (χ4n) is 1.57. The van der Waals surface area contributed by atoms with Gasteiger partial charge in [-0.2, -0.15) is 0 Å². The highest BCUT2D eigenvalue weighted by Crippen LogP contribution is 2.10. The fraction of sp³-hybridized carbons (Fsp3) is 0.462. The predicted molar refractivity (Wildman–Crippen MR) is 74.9 cm³/mol. The van der Waals surface area contributed by atoms with Crippen LogP contribution in [0, 0.1) is 0 Å². The summed E-state index contributed by atoms with van der Waals surface area (Å²) in [6, 6.07) is 3.82. The zero-order valence-electron chi connectivity index (χ0n) is 10.00. The molecular formula is C13H22ClN3. The number of hydrogen-bond acceptors (Lipinski definition) is 3. The van der Waals surface area contributed by atoms with Gasteiger partial charge in [-0.25, -0.2) is 4.98 Å². The molecule has 1 aromatic rings. The minimum Gasteiger partial charge on any atom is -0.375 e. The Balaban J connectivity index is 0.00000256. The third kappa shape index (κ3) is 4.65. The van der Waals surface area contributed by atoms with Crippen molar-refractivity contribution in [2.75, 3.05) is 13.6 Å². The molecule has 0 fully saturated rings. The molecule has 0 aromatic carbocycles. The van der Waals surface area contributed by atoms with Crippen LogP contribution in [0.3, 0.4) is 0 Å². The molecule has 0 amide bonds. The van der Waals surface area contributed by atoms with E-state index in [9.17, 15) is 0 Å². The Bertz CT molecular complexity index is 346. The summed E-state index contributed by atoms with van der Waals surface area (Å²) in [5, 5.41) is 3.71. The van der Waals surface area contributed by atoms with Crippen molar-refractivity contribution in [3.63, 3.8) is 0 Å². The van der Waals surface area contributed by atoms with E-state index in [1.807, 2.05) is 32.3 Å². The van der Waals surface area contributed by atoms with E-state index in [0.29, 0.717) is 5.15 Å². The second-order valence-electron chi connectivity index (χ2n) is 3.43. The van der Waals surface area contributed by atoms with Crippen molar-refractivity contribution in [2.24, 2.45) is 0 Å². The van der Waals surface area contributed by atoms with Gasteiger partial charge in [-0.3, -0.25) is 0 Å². The van der Waals surface area contributed by atoms with Gasteiger partial charge in [0.2, 0.25) is 0 Å². The molecule has 1 rings (SSSR count). The largest absolute Gasteiger partial charge is 0.375 e. The number of halogens is 1. The maximum Gasteiger partial charge on any atom is 0.129 e. The first-order valence-corrected chi connectivity index (χ1v) is 5.78. The van der Waals surface area contributed by atoms with Crippen LogP contribution >= 0.6 is 11.6 Å². The molecular weight excluding hydrogens is 234 g/mol. The number of nitrogens with zero attached hydrogens (tertiary/aromatic N) is 2. The summed E-state index contributed by atoms with van der Waals surface area (Å²) in [7, 11) is 1.93. The van der Waals surface area contributed by atoms with Gasteiger partial charge < -0.3 is 10.2 Å². The smallest absolute Gasteiger partial charge is 0.129 e. The van der Waals surface area contributed by atoms with Gasteiger partial charge in [-0.15, -0.1) is 0 Å². The Morgan fingerprint density at radius 3 is 2.65 bits per heavy atom. The van der Waals surface area contributed by atoms with Gasteiger partial charge >= 0.3 is 0 Å². The van der Waals surface area contributed by atoms with Crippen LogP contribution in [0.4, 0.5) is 0 Å². The third-order valence-electron chi connectivity index (χ3n) is 2.41. The molecule has 96 valence electrons. The highest BCUT2D eigenvalue weighted by atomic mass is 35.5. The normalized spacial score (nSPS) is 10.7. The molecule has 0 aliphatic rings. The Morgan fingerprint density at radius 2 is 2.24 bits per heavy atom. The quantitative estimate of drug-likeness (QED) is 0.819. The van der Waals surface area contributed by atoms with Crippen LogP contribution in [0.15, 0.2) is 30.2 Å². The summed E-state index contributed by atoms with van der Waals surface area (Å²) in [5.41, 5.74) is 1.15. The molecule has 3 nitrogen and oxygen atoms in total. The molecule has 1 N–H and O–H groups in total. The maximum absolute atomic E-state index is 5.75. The van der Waals surface area contributed by atoms with Crippen LogP contribution < -0.4 is 5.32 Å². The van der Waals surface area contributed by atoms with E-state index in [0.717, 1.165) is 24.5 Å². The van der Waals surface area contributed by atoms with Crippen LogP contribution in [-0.4, -0.2) is 23.5 Å². The van der Waals surface area contributed by atoms with Crippen LogP contribution in [0.2, 0.25) is 5.15 Å². The van der Waals surface area contributed by atoms with Gasteiger partial charge in [0.25, 0.3) is 0 Å². The zero-order valence-corrected chi connectivity index (χ0v) is 10.8. The first-order chi connectivity index (χ1) is 7.71. The number of nitrogens with one attached hydrogen (secondary N) is 1. The molecule has 0 radical (unpaired) electrons. The van der Waals surface area contributed by atoms with Crippen molar-refractivity contribution in [3.05, 3.63) is 40.9 Å². The summed E-state index contributed by atoms with van der Waals surface area (Å²) in [6.45, 7) is 5.93. The van der Waals surface area contributed by atoms with E-state index in [1.54, 1.807) is 0 Å². The molecule has 0 unspecified atom stereocenters. The van der Waals surface area contributed by atoms with Crippen molar-refractivity contribution >= 4 is 11.6 Å². The Kier molecular flexibility index (Phi) is 7.39. The lowest BCUT2D eigenvalue weighted by Gasteiger charge is -2.25. The highest BCUT2D eigenvalue weighted by molar-refractivity contribution is 6.29. The maximum atomic E-state index is 5.75. The lowest BCUT2D eigenvalue weighted by Crippen LogP contribution is -2.29. The topological polar surface area (TPSA) is 28.2 Å². The van der Waals surface area contributed by atoms with Gasteiger partial charge in [0.1, 0.15) is 5.15 Å². The van der Waals surface area contributed by atoms with E-state index >= 15 is 0 Å². The monoisotopic (exact) mass is 255 g/mol. The van der Waals surface area contributed by atoms with Crippen LogP contribution in [-0.2, 0) is 6.54 Å². The number of pyridine rings is 1. The summed E-state index contributed by atoms with van der Waals surface area (Å²) in [6.07, 6.45) is 3.88. The van der Waals surface area contributed by atoms with E-state index in [2.05, 4.69) is 28.2 Å². The highest BCUT2D eigenvalue weighted by Gasteiger charge is 2.06. The summed E-state index contributed by atoms with van der Waals surface area (Å²) >= 11 is 5.75. The van der Waals surface area contributed by atoms with Gasteiger partial charge in [0, 0.05) is 26.3 Å². The van der Waals surface area contributed by atoms with Crippen molar-refractivity contribution in [2.45, 2.75) is 27.8 Å². The van der Waals surface area contributed by atoms with Crippen LogP contribution in [0.25, 0.3) is 0 Å². The van der Waals surface area contributed by atoms with Crippen molar-refractivity contribution < 1.29 is 0 Å². The fourth-order valence-corrected chi connectivity index (χ4v) is 1.68. The SMILES string of the molecule is C.C/C=C(\NC)N(CC)Cc1ccc(Cl)nc1. The summed E-state index contributed by atoms with van der Waals surface area (Å²) in [5.74, 6) is 1.12. The van der Waals surface area contributed by atoms with Crippen LogP contribution in [0.1, 0.15) is 26.8 Å². The first-order valence-electron chi connectivity index (χ1n) is 5.40. The van der Waals surface area contributed by atoms with Crippen LogP contribution in [0.5, 0.6) is 0 Å². The van der Waals surface area contributed by atoms with Crippen molar-refractivity contribution in [3.8, 4) is 0 Å². The predicted octanol–water partition coefficient (Wildman–Crippen LogP) is 3.27. The van der Waals surface area contributed by atoms with Crippen molar-refractivity contribution in [1.29, 1.82) is 0 Å². The van der Waals surface area contributed by atoms with Gasteiger partial charge in [0.05, 0.1) is 5.82 Å². The van der Waals surface area contributed by atoms with E-state index in [4.69, 9.17) is 11.6 Å². The molecule has 0 bridgehead atoms. The molecule has 0 aliphatic carbocycles. The average Bonchev–Trinajstić information content (AvgIpc) is 2.32. The molecule has 17 heavy (non-hydrogen) atoms. The lowest BCUT2D eigenvalue weighted by atomic mass is 10.2. The van der Waals surface area contributed by atoms with Gasteiger partial charge in [0.15, 0.2) is 0 Å². The Hall–Kier alpha value is -1.22. The number of aromatic nitrogens is 1.